The van der Waals surface area contributed by atoms with Crippen LogP contribution in [0.25, 0.3) is 0 Å². The second kappa shape index (κ2) is 8.53. The molecule has 1 aromatic carbocycles. The summed E-state index contributed by atoms with van der Waals surface area (Å²) in [4.78, 5) is 24.2. The number of hydrogen-bond donors (Lipinski definition) is 3. The number of nitrogens with two attached hydrogens (primary N) is 1. The molecule has 0 heterocycles. The van der Waals surface area contributed by atoms with E-state index in [0.717, 1.165) is 37.8 Å². The molecule has 0 radical (unpaired) electrons. The molecule has 144 valence electrons. The second-order valence-corrected chi connectivity index (χ2v) is 6.76. The first-order chi connectivity index (χ1) is 12.2. The van der Waals surface area contributed by atoms with Crippen molar-refractivity contribution in [1.82, 2.24) is 5.32 Å². The Labute approximate surface area is 150 Å². The monoisotopic (exact) mass is 371 g/mol. The van der Waals surface area contributed by atoms with Gasteiger partial charge in [-0.15, -0.1) is 0 Å². The van der Waals surface area contributed by atoms with Gasteiger partial charge < -0.3 is 16.4 Å². The minimum atomic E-state index is -4.52. The first kappa shape index (κ1) is 20.2. The summed E-state index contributed by atoms with van der Waals surface area (Å²) in [7, 11) is 0. The third-order valence-electron chi connectivity index (χ3n) is 4.45. The second-order valence-electron chi connectivity index (χ2n) is 6.76. The van der Waals surface area contributed by atoms with Crippen LogP contribution in [0.2, 0.25) is 0 Å². The van der Waals surface area contributed by atoms with Crippen molar-refractivity contribution in [2.75, 3.05) is 5.32 Å². The number of rotatable bonds is 6. The van der Waals surface area contributed by atoms with Crippen molar-refractivity contribution in [2.24, 2.45) is 11.7 Å². The van der Waals surface area contributed by atoms with E-state index in [9.17, 15) is 22.8 Å². The molecule has 1 aliphatic carbocycles. The highest BCUT2D eigenvalue weighted by Crippen LogP contribution is 2.32. The topological polar surface area (TPSA) is 84.2 Å². The van der Waals surface area contributed by atoms with Crippen LogP contribution < -0.4 is 16.4 Å². The lowest BCUT2D eigenvalue weighted by Gasteiger charge is -2.17. The maximum absolute atomic E-state index is 12.9. The fourth-order valence-electron chi connectivity index (χ4n) is 3.14. The van der Waals surface area contributed by atoms with E-state index >= 15 is 0 Å². The molecule has 0 aromatic heterocycles. The Balaban J connectivity index is 1.95. The zero-order valence-corrected chi connectivity index (χ0v) is 14.7. The molecule has 8 heteroatoms. The summed E-state index contributed by atoms with van der Waals surface area (Å²) in [5.41, 5.74) is 4.88. The normalized spacial score (nSPS) is 16.3. The van der Waals surface area contributed by atoms with Crippen molar-refractivity contribution in [2.45, 2.75) is 57.8 Å². The molecule has 1 unspecified atom stereocenters. The van der Waals surface area contributed by atoms with E-state index in [1.807, 2.05) is 0 Å². The SMILES string of the molecule is CC(CC(=O)Nc1cc(CN)cc(C(F)(F)F)c1)NC(=O)C1CCCC1. The minimum Gasteiger partial charge on any atom is -0.353 e. The average Bonchev–Trinajstić information content (AvgIpc) is 3.07. The molecule has 0 saturated heterocycles. The van der Waals surface area contributed by atoms with Gasteiger partial charge in [0.05, 0.1) is 5.56 Å². The Hall–Kier alpha value is -2.09. The molecule has 2 amide bonds. The summed E-state index contributed by atoms with van der Waals surface area (Å²) >= 11 is 0. The first-order valence-electron chi connectivity index (χ1n) is 8.70. The smallest absolute Gasteiger partial charge is 0.353 e. The molecule has 5 nitrogen and oxygen atoms in total. The standard InChI is InChI=1S/C18H24F3N3O2/c1-11(23-17(26)13-4-2-3-5-13)6-16(25)24-15-8-12(10-22)7-14(9-15)18(19,20)21/h7-9,11,13H,2-6,10,22H2,1H3,(H,23,26)(H,24,25). The zero-order valence-electron chi connectivity index (χ0n) is 14.7. The zero-order chi connectivity index (χ0) is 19.3. The van der Waals surface area contributed by atoms with Gasteiger partial charge in [0.2, 0.25) is 11.8 Å². The Morgan fingerprint density at radius 1 is 1.23 bits per heavy atom. The van der Waals surface area contributed by atoms with E-state index in [1.54, 1.807) is 6.92 Å². The molecule has 1 fully saturated rings. The third-order valence-corrected chi connectivity index (χ3v) is 4.45. The van der Waals surface area contributed by atoms with Gasteiger partial charge in [-0.1, -0.05) is 12.8 Å². The molecule has 2 rings (SSSR count). The van der Waals surface area contributed by atoms with E-state index in [0.29, 0.717) is 0 Å². The van der Waals surface area contributed by atoms with Gasteiger partial charge >= 0.3 is 6.18 Å². The number of nitrogens with one attached hydrogen (secondary N) is 2. The predicted octanol–water partition coefficient (Wildman–Crippen LogP) is 3.19. The maximum Gasteiger partial charge on any atom is 0.416 e. The van der Waals surface area contributed by atoms with Gasteiger partial charge in [0.1, 0.15) is 0 Å². The van der Waals surface area contributed by atoms with Crippen molar-refractivity contribution in [3.63, 3.8) is 0 Å². The van der Waals surface area contributed by atoms with Crippen LogP contribution in [0.15, 0.2) is 18.2 Å². The van der Waals surface area contributed by atoms with Gasteiger partial charge in [-0.25, -0.2) is 0 Å². The summed E-state index contributed by atoms with van der Waals surface area (Å²) in [6, 6.07) is 2.84. The van der Waals surface area contributed by atoms with Crippen molar-refractivity contribution >= 4 is 17.5 Å². The van der Waals surface area contributed by atoms with Crippen LogP contribution in [0, 0.1) is 5.92 Å². The average molecular weight is 371 g/mol. The van der Waals surface area contributed by atoms with Crippen LogP contribution in [-0.2, 0) is 22.3 Å². The molecule has 0 bridgehead atoms. The fraction of sp³-hybridized carbons (Fsp3) is 0.556. The van der Waals surface area contributed by atoms with E-state index in [4.69, 9.17) is 5.73 Å². The number of hydrogen-bond acceptors (Lipinski definition) is 3. The third kappa shape index (κ3) is 5.72. The fourth-order valence-corrected chi connectivity index (χ4v) is 3.14. The van der Waals surface area contributed by atoms with Crippen molar-refractivity contribution in [3.8, 4) is 0 Å². The van der Waals surface area contributed by atoms with Gasteiger partial charge in [0, 0.05) is 30.6 Å². The number of benzene rings is 1. The van der Waals surface area contributed by atoms with Crippen molar-refractivity contribution < 1.29 is 22.8 Å². The van der Waals surface area contributed by atoms with Crippen LogP contribution in [-0.4, -0.2) is 17.9 Å². The highest BCUT2D eigenvalue weighted by atomic mass is 19.4. The summed E-state index contributed by atoms with van der Waals surface area (Å²) in [5, 5.41) is 5.25. The summed E-state index contributed by atoms with van der Waals surface area (Å²) in [6.07, 6.45) is -0.758. The van der Waals surface area contributed by atoms with Gasteiger partial charge in [0.15, 0.2) is 0 Å². The summed E-state index contributed by atoms with van der Waals surface area (Å²) in [6.45, 7) is 1.63. The molecule has 1 aliphatic rings. The van der Waals surface area contributed by atoms with Crippen LogP contribution in [0.1, 0.15) is 50.2 Å². The number of halogens is 3. The molecule has 4 N–H and O–H groups in total. The molecule has 1 saturated carbocycles. The Kier molecular flexibility index (Phi) is 6.63. The molecular formula is C18H24F3N3O2. The van der Waals surface area contributed by atoms with Gasteiger partial charge in [-0.3, -0.25) is 9.59 Å². The minimum absolute atomic E-state index is 0.00362. The Bertz CT molecular complexity index is 656. The molecule has 0 aliphatic heterocycles. The van der Waals surface area contributed by atoms with E-state index in [-0.39, 0.29) is 36.0 Å². The Morgan fingerprint density at radius 2 is 1.88 bits per heavy atom. The summed E-state index contributed by atoms with van der Waals surface area (Å²) < 4.78 is 38.8. The van der Waals surface area contributed by atoms with Crippen molar-refractivity contribution in [1.29, 1.82) is 0 Å². The molecular weight excluding hydrogens is 347 g/mol. The van der Waals surface area contributed by atoms with Crippen LogP contribution in [0.4, 0.5) is 18.9 Å². The lowest BCUT2D eigenvalue weighted by Crippen LogP contribution is -2.38. The number of alkyl halides is 3. The summed E-state index contributed by atoms with van der Waals surface area (Å²) in [5.74, 6) is -0.533. The van der Waals surface area contributed by atoms with Gasteiger partial charge in [-0.2, -0.15) is 13.2 Å². The molecule has 0 spiro atoms. The first-order valence-corrected chi connectivity index (χ1v) is 8.70. The van der Waals surface area contributed by atoms with Gasteiger partial charge in [-0.05, 0) is 43.5 Å². The molecule has 1 aromatic rings. The molecule has 26 heavy (non-hydrogen) atoms. The number of carbonyl (C=O) groups excluding carboxylic acids is 2. The van der Waals surface area contributed by atoms with E-state index in [1.165, 1.54) is 6.07 Å². The maximum atomic E-state index is 12.9. The molecule has 1 atom stereocenters. The van der Waals surface area contributed by atoms with Gasteiger partial charge in [0.25, 0.3) is 0 Å². The van der Waals surface area contributed by atoms with E-state index < -0.39 is 23.7 Å². The lowest BCUT2D eigenvalue weighted by molar-refractivity contribution is -0.137. The van der Waals surface area contributed by atoms with E-state index in [2.05, 4.69) is 10.6 Å². The highest BCUT2D eigenvalue weighted by molar-refractivity contribution is 5.91. The predicted molar refractivity (Wildman–Crippen MR) is 92.1 cm³/mol. The Morgan fingerprint density at radius 3 is 2.46 bits per heavy atom. The highest BCUT2D eigenvalue weighted by Gasteiger charge is 2.31. The number of carbonyl (C=O) groups is 2. The quantitative estimate of drug-likeness (QED) is 0.718. The lowest BCUT2D eigenvalue weighted by atomic mass is 10.1. The van der Waals surface area contributed by atoms with Crippen LogP contribution in [0.3, 0.4) is 0 Å². The van der Waals surface area contributed by atoms with Crippen LogP contribution in [0.5, 0.6) is 0 Å². The van der Waals surface area contributed by atoms with Crippen molar-refractivity contribution in [3.05, 3.63) is 29.3 Å². The largest absolute Gasteiger partial charge is 0.416 e. The number of amides is 2. The number of anilines is 1. The van der Waals surface area contributed by atoms with Crippen LogP contribution >= 0.6 is 0 Å².